The highest BCUT2D eigenvalue weighted by Crippen LogP contribution is 2.38. The predicted octanol–water partition coefficient (Wildman–Crippen LogP) is 4.23. The van der Waals surface area contributed by atoms with E-state index in [9.17, 15) is 14.4 Å². The van der Waals surface area contributed by atoms with E-state index in [-0.39, 0.29) is 24.9 Å². The van der Waals surface area contributed by atoms with Crippen molar-refractivity contribution >= 4 is 5.91 Å². The fraction of sp³-hybridized carbons (Fsp3) is 0.296. The summed E-state index contributed by atoms with van der Waals surface area (Å²) in [5.41, 5.74) is 2.68. The monoisotopic (exact) mass is 473 g/mol. The van der Waals surface area contributed by atoms with Gasteiger partial charge in [-0.25, -0.2) is 4.39 Å². The smallest absolute Gasteiger partial charge is 0.251 e. The van der Waals surface area contributed by atoms with Crippen LogP contribution in [0.25, 0.3) is 0 Å². The average molecular weight is 474 g/mol. The zero-order valence-corrected chi connectivity index (χ0v) is 19.3. The normalized spacial score (nSPS) is 17.9. The van der Waals surface area contributed by atoms with Gasteiger partial charge in [0.1, 0.15) is 18.1 Å². The Labute approximate surface area is 202 Å². The predicted molar refractivity (Wildman–Crippen MR) is 125 cm³/mol. The molecular weight excluding hydrogens is 449 g/mol. The first kappa shape index (κ1) is 22.7. The Morgan fingerprint density at radius 1 is 1.23 bits per heavy atom. The van der Waals surface area contributed by atoms with E-state index in [0.717, 1.165) is 16.7 Å². The Morgan fingerprint density at radius 3 is 2.97 bits per heavy atom. The molecule has 5 rings (SSSR count). The van der Waals surface area contributed by atoms with Crippen molar-refractivity contribution in [2.24, 2.45) is 0 Å². The van der Waals surface area contributed by atoms with Crippen molar-refractivity contribution < 1.29 is 23.4 Å². The Hall–Kier alpha value is -4.12. The number of carbonyl (C=O) groups excluding carboxylic acids is 1. The summed E-state index contributed by atoms with van der Waals surface area (Å²) in [4.78, 5) is 17.1. The minimum atomic E-state index is -0.689. The quantitative estimate of drug-likeness (QED) is 0.576. The topological polar surface area (TPSA) is 93.5 Å². The summed E-state index contributed by atoms with van der Waals surface area (Å²) in [6.45, 7) is 3.23. The summed E-state index contributed by atoms with van der Waals surface area (Å²) < 4.78 is 30.9. The summed E-state index contributed by atoms with van der Waals surface area (Å²) in [7, 11) is 0. The van der Waals surface area contributed by atoms with Crippen molar-refractivity contribution in [3.05, 3.63) is 82.4 Å². The third kappa shape index (κ3) is 4.62. The maximum absolute atomic E-state index is 14.2. The van der Waals surface area contributed by atoms with Gasteiger partial charge in [0.2, 0.25) is 0 Å². The van der Waals surface area contributed by atoms with Crippen molar-refractivity contribution in [3.63, 3.8) is 0 Å². The van der Waals surface area contributed by atoms with Gasteiger partial charge in [0.15, 0.2) is 11.6 Å². The Bertz CT molecular complexity index is 1340. The van der Waals surface area contributed by atoms with E-state index in [1.54, 1.807) is 36.5 Å². The van der Waals surface area contributed by atoms with Crippen molar-refractivity contribution in [1.29, 1.82) is 5.26 Å². The molecule has 8 heteroatoms. The number of carbonyl (C=O) groups is 1. The van der Waals surface area contributed by atoms with E-state index < -0.39 is 5.41 Å². The van der Waals surface area contributed by atoms with Gasteiger partial charge in [-0.3, -0.25) is 9.78 Å². The van der Waals surface area contributed by atoms with Crippen molar-refractivity contribution in [2.75, 3.05) is 13.2 Å². The molecule has 0 fully saturated rings. The lowest BCUT2D eigenvalue weighted by Gasteiger charge is -2.30. The minimum absolute atomic E-state index is 0.198. The summed E-state index contributed by atoms with van der Waals surface area (Å²) >= 11 is 0. The molecule has 0 spiro atoms. The Morgan fingerprint density at radius 2 is 2.11 bits per heavy atom. The average Bonchev–Trinajstić information content (AvgIpc) is 3.36. The van der Waals surface area contributed by atoms with Gasteiger partial charge >= 0.3 is 0 Å². The molecule has 3 heterocycles. The van der Waals surface area contributed by atoms with Crippen LogP contribution in [0.2, 0.25) is 0 Å². The second-order valence-corrected chi connectivity index (χ2v) is 8.87. The van der Waals surface area contributed by atoms with E-state index in [2.05, 4.69) is 16.4 Å². The number of benzene rings is 2. The number of nitriles is 1. The Kier molecular flexibility index (Phi) is 6.00. The molecule has 0 radical (unpaired) electrons. The van der Waals surface area contributed by atoms with Crippen molar-refractivity contribution in [1.82, 2.24) is 10.3 Å². The molecule has 0 aliphatic carbocycles. The fourth-order valence-electron chi connectivity index (χ4n) is 4.33. The number of fused-ring (bicyclic) bond motifs is 2. The van der Waals surface area contributed by atoms with Gasteiger partial charge in [0, 0.05) is 41.8 Å². The largest absolute Gasteiger partial charge is 0.493 e. The molecule has 1 N–H and O–H groups in total. The first-order chi connectivity index (χ1) is 16.9. The number of aromatic nitrogens is 1. The number of hydrogen-bond donors (Lipinski definition) is 1. The molecule has 2 aromatic carbocycles. The molecule has 0 bridgehead atoms. The molecule has 0 unspecified atom stereocenters. The highest BCUT2D eigenvalue weighted by atomic mass is 19.1. The molecule has 35 heavy (non-hydrogen) atoms. The molecule has 2 aliphatic rings. The first-order valence-electron chi connectivity index (χ1n) is 11.4. The van der Waals surface area contributed by atoms with Crippen molar-refractivity contribution in [3.8, 4) is 23.3 Å². The first-order valence-corrected chi connectivity index (χ1v) is 11.4. The number of halogens is 1. The molecule has 0 saturated heterocycles. The molecule has 1 amide bonds. The van der Waals surface area contributed by atoms with Gasteiger partial charge in [-0.2, -0.15) is 5.26 Å². The van der Waals surface area contributed by atoms with Crippen LogP contribution in [0.3, 0.4) is 0 Å². The number of nitrogens with zero attached hydrogens (tertiary/aromatic N) is 2. The molecule has 0 saturated carbocycles. The van der Waals surface area contributed by atoms with E-state index in [0.29, 0.717) is 54.6 Å². The molecule has 1 atom stereocenters. The third-order valence-electron chi connectivity index (χ3n) is 6.36. The van der Waals surface area contributed by atoms with Crippen LogP contribution in [0.1, 0.15) is 46.1 Å². The van der Waals surface area contributed by atoms with Gasteiger partial charge < -0.3 is 19.5 Å². The van der Waals surface area contributed by atoms with E-state index in [4.69, 9.17) is 14.2 Å². The minimum Gasteiger partial charge on any atom is -0.493 e. The number of amides is 1. The lowest BCUT2D eigenvalue weighted by atomic mass is 9.78. The van der Waals surface area contributed by atoms with Gasteiger partial charge in [0.25, 0.3) is 5.91 Å². The molecular formula is C27H24FN3O4. The van der Waals surface area contributed by atoms with Crippen molar-refractivity contribution in [2.45, 2.75) is 38.3 Å². The second-order valence-electron chi connectivity index (χ2n) is 8.87. The molecule has 1 aromatic heterocycles. The number of ether oxygens (including phenoxy) is 3. The highest BCUT2D eigenvalue weighted by molar-refractivity contribution is 5.94. The van der Waals surface area contributed by atoms with Gasteiger partial charge in [-0.1, -0.05) is 0 Å². The summed E-state index contributed by atoms with van der Waals surface area (Å²) in [5.74, 6) is 0.888. The number of hydrogen-bond acceptors (Lipinski definition) is 6. The SMILES string of the molecule is C[C@@]1(C#N)CCOc2ccc(C(=O)NCc3cc(OCc4cc(F)c5c(c4)CCO5)ccn3)cc21. The zero-order valence-electron chi connectivity index (χ0n) is 19.3. The van der Waals surface area contributed by atoms with Gasteiger partial charge in [-0.15, -0.1) is 0 Å². The molecule has 7 nitrogen and oxygen atoms in total. The standard InChI is InChI=1S/C27H24FN3O4/c1-27(16-29)6-9-33-24-3-2-19(12-22(24)27)26(32)31-14-20-13-21(4-7-30-20)35-15-17-10-18-5-8-34-25(18)23(28)11-17/h2-4,7,10-13H,5-6,8-9,14-15H2,1H3,(H,31,32)/t27-/m0/s1. The van der Waals surface area contributed by atoms with Crippen LogP contribution in [0.5, 0.6) is 17.2 Å². The summed E-state index contributed by atoms with van der Waals surface area (Å²) in [5, 5.41) is 12.5. The number of rotatable bonds is 6. The van der Waals surface area contributed by atoms with E-state index >= 15 is 0 Å². The number of nitrogens with one attached hydrogen (secondary N) is 1. The van der Waals surface area contributed by atoms with Gasteiger partial charge in [0.05, 0.1) is 36.9 Å². The van der Waals surface area contributed by atoms with E-state index in [1.165, 1.54) is 6.07 Å². The second kappa shape index (κ2) is 9.26. The molecule has 3 aromatic rings. The van der Waals surface area contributed by atoms with Crippen LogP contribution in [0, 0.1) is 17.1 Å². The molecule has 2 aliphatic heterocycles. The van der Waals surface area contributed by atoms with Crippen LogP contribution >= 0.6 is 0 Å². The van der Waals surface area contributed by atoms with Crippen LogP contribution in [-0.4, -0.2) is 24.1 Å². The molecule has 178 valence electrons. The summed E-state index contributed by atoms with van der Waals surface area (Å²) in [6.07, 6.45) is 2.86. The van der Waals surface area contributed by atoms with Crippen LogP contribution in [-0.2, 0) is 25.0 Å². The van der Waals surface area contributed by atoms with Crippen LogP contribution in [0.4, 0.5) is 4.39 Å². The van der Waals surface area contributed by atoms with Crippen LogP contribution in [0.15, 0.2) is 48.7 Å². The lowest BCUT2D eigenvalue weighted by molar-refractivity contribution is 0.0950. The number of pyridine rings is 1. The zero-order chi connectivity index (χ0) is 24.4. The lowest BCUT2D eigenvalue weighted by Crippen LogP contribution is -2.29. The maximum atomic E-state index is 14.2. The van der Waals surface area contributed by atoms with Gasteiger partial charge in [-0.05, 0) is 48.9 Å². The highest BCUT2D eigenvalue weighted by Gasteiger charge is 2.34. The maximum Gasteiger partial charge on any atom is 0.251 e. The summed E-state index contributed by atoms with van der Waals surface area (Å²) in [6, 6.07) is 14.3. The fourth-order valence-corrected chi connectivity index (χ4v) is 4.33. The Balaban J connectivity index is 1.22. The van der Waals surface area contributed by atoms with Crippen LogP contribution < -0.4 is 19.5 Å². The van der Waals surface area contributed by atoms with E-state index in [1.807, 2.05) is 13.0 Å². The third-order valence-corrected chi connectivity index (χ3v) is 6.36.